The number of benzene rings is 1. The smallest absolute Gasteiger partial charge is 1.00 e. The maximum atomic E-state index is 2.56. The molecular weight excluding hydrogens is 386 g/mol. The Morgan fingerprint density at radius 1 is 0.955 bits per heavy atom. The minimum absolute atomic E-state index is 0. The van der Waals surface area contributed by atoms with Gasteiger partial charge in [0, 0.05) is 0 Å². The summed E-state index contributed by atoms with van der Waals surface area (Å²) in [6.07, 6.45) is 10.8. The summed E-state index contributed by atoms with van der Waals surface area (Å²) < 4.78 is 0.827. The first-order chi connectivity index (χ1) is 9.10. The van der Waals surface area contributed by atoms with Gasteiger partial charge in [-0.15, -0.1) is 0 Å². The van der Waals surface area contributed by atoms with Crippen molar-refractivity contribution in [1.82, 2.24) is 0 Å². The van der Waals surface area contributed by atoms with E-state index in [0.29, 0.717) is 0 Å². The quantitative estimate of drug-likeness (QED) is 0.431. The van der Waals surface area contributed by atoms with Crippen LogP contribution >= 0.6 is 0 Å². The number of allylic oxidation sites excluding steroid dienone is 4. The predicted molar refractivity (Wildman–Crippen MR) is 80.9 cm³/mol. The number of hydrogen-bond donors (Lipinski definition) is 0. The summed E-state index contributed by atoms with van der Waals surface area (Å²) in [5, 5.41) is 1.62. The Bertz CT molecular complexity index is 516. The van der Waals surface area contributed by atoms with Crippen LogP contribution in [-0.4, -0.2) is 8.07 Å². The van der Waals surface area contributed by atoms with Gasteiger partial charge in [-0.3, -0.25) is 0 Å². The topological polar surface area (TPSA) is 0 Å². The van der Waals surface area contributed by atoms with Crippen LogP contribution in [0.5, 0.6) is 0 Å². The summed E-state index contributed by atoms with van der Waals surface area (Å²) in [7, 11) is -1.37. The van der Waals surface area contributed by atoms with E-state index in [0.717, 1.165) is 21.6 Å². The molecule has 4 atom stereocenters. The molecule has 2 aliphatic rings. The fourth-order valence-electron chi connectivity index (χ4n) is 3.83. The summed E-state index contributed by atoms with van der Waals surface area (Å²) in [5.41, 5.74) is 0.900. The van der Waals surface area contributed by atoms with Crippen LogP contribution in [0.15, 0.2) is 54.6 Å². The molecule has 0 saturated heterocycles. The number of hydrogen-bond acceptors (Lipinski definition) is 0. The average molecular weight is 408 g/mol. The van der Waals surface area contributed by atoms with Crippen LogP contribution in [0.3, 0.4) is 0 Å². The molecule has 0 heterocycles. The molecule has 0 spiro atoms. The summed E-state index contributed by atoms with van der Waals surface area (Å²) in [5.74, 6) is 1.57. The van der Waals surface area contributed by atoms with E-state index in [2.05, 4.69) is 88.2 Å². The van der Waals surface area contributed by atoms with E-state index in [9.17, 15) is 0 Å². The van der Waals surface area contributed by atoms with E-state index < -0.39 is 8.07 Å². The van der Waals surface area contributed by atoms with Gasteiger partial charge in [-0.1, -0.05) is 0 Å². The molecule has 22 heavy (non-hydrogen) atoms. The zero-order chi connectivity index (χ0) is 13.5. The molecule has 0 N–H and O–H groups in total. The standard InChI is InChI=1S/C17H21Si.3ClH.Ti/c1-18(2,16-10-4-3-5-11-16)17-12-14-8-6-7-9-15(14)13-17;;;;/h3-12,14-15,17H,13H2,1-2H3;3*1H;/q;;;;+3/p-3. The normalized spacial score (nSPS) is 28.9. The Morgan fingerprint density at radius 2 is 1.55 bits per heavy atom. The van der Waals surface area contributed by atoms with E-state index in [4.69, 9.17) is 0 Å². The summed E-state index contributed by atoms with van der Waals surface area (Å²) in [6, 6.07) is 11.3. The molecule has 118 valence electrons. The maximum Gasteiger partial charge on any atom is -1.00 e. The van der Waals surface area contributed by atoms with Crippen molar-refractivity contribution < 1.29 is 57.7 Å². The van der Waals surface area contributed by atoms with Crippen molar-refractivity contribution in [1.29, 1.82) is 0 Å². The molecule has 1 saturated carbocycles. The second-order valence-corrected chi connectivity index (χ2v) is 12.3. The maximum absolute atomic E-state index is 2.56. The molecule has 0 aliphatic heterocycles. The van der Waals surface area contributed by atoms with E-state index in [1.807, 2.05) is 0 Å². The van der Waals surface area contributed by atoms with E-state index in [1.54, 1.807) is 5.19 Å². The second kappa shape index (κ2) is 9.11. The van der Waals surface area contributed by atoms with Crippen LogP contribution in [0.25, 0.3) is 0 Å². The van der Waals surface area contributed by atoms with Crippen molar-refractivity contribution in [2.45, 2.75) is 29.3 Å². The summed E-state index contributed by atoms with van der Waals surface area (Å²) in [4.78, 5) is 0. The molecule has 0 amide bonds. The third-order valence-electron chi connectivity index (χ3n) is 5.12. The zero-order valence-electron chi connectivity index (χ0n) is 12.8. The molecule has 2 aliphatic carbocycles. The molecule has 3 rings (SSSR count). The van der Waals surface area contributed by atoms with Crippen molar-refractivity contribution in [2.75, 3.05) is 0 Å². The van der Waals surface area contributed by atoms with Crippen LogP contribution in [0.1, 0.15) is 6.42 Å². The molecule has 0 aromatic heterocycles. The molecule has 1 aromatic carbocycles. The van der Waals surface area contributed by atoms with Crippen molar-refractivity contribution in [3.63, 3.8) is 0 Å². The van der Waals surface area contributed by atoms with Gasteiger partial charge in [0.15, 0.2) is 0 Å². The van der Waals surface area contributed by atoms with E-state index >= 15 is 0 Å². The Labute approximate surface area is 165 Å². The van der Waals surface area contributed by atoms with Gasteiger partial charge in [0.25, 0.3) is 0 Å². The average Bonchev–Trinajstić information content (AvgIpc) is 2.78. The number of halogens is 3. The van der Waals surface area contributed by atoms with Gasteiger partial charge in [0.2, 0.25) is 0 Å². The summed E-state index contributed by atoms with van der Waals surface area (Å²) >= 11 is 2.48. The van der Waals surface area contributed by atoms with Crippen molar-refractivity contribution in [2.24, 2.45) is 11.8 Å². The molecule has 0 nitrogen and oxygen atoms in total. The first-order valence-electron chi connectivity index (χ1n) is 7.22. The Morgan fingerprint density at radius 3 is 2.14 bits per heavy atom. The Balaban J connectivity index is 0.00000147. The van der Waals surface area contributed by atoms with Crippen LogP contribution in [-0.2, 0) is 20.4 Å². The van der Waals surface area contributed by atoms with Gasteiger partial charge in [0.05, 0.1) is 0 Å². The van der Waals surface area contributed by atoms with Crippen LogP contribution in [0.4, 0.5) is 0 Å². The molecule has 1 aromatic rings. The monoisotopic (exact) mass is 406 g/mol. The van der Waals surface area contributed by atoms with E-state index in [1.165, 1.54) is 6.42 Å². The van der Waals surface area contributed by atoms with Gasteiger partial charge >= 0.3 is 129 Å². The van der Waals surface area contributed by atoms with Gasteiger partial charge in [-0.25, -0.2) is 0 Å². The minimum Gasteiger partial charge on any atom is -1.00 e. The van der Waals surface area contributed by atoms with Gasteiger partial charge in [0.1, 0.15) is 0 Å². The molecule has 5 heteroatoms. The number of rotatable bonds is 2. The first kappa shape index (κ1) is 22.5. The third kappa shape index (κ3) is 4.12. The Hall–Kier alpha value is 0.501. The van der Waals surface area contributed by atoms with E-state index in [-0.39, 0.29) is 37.2 Å². The fraction of sp³-hybridized carbons (Fsp3) is 0.412. The first-order valence-corrected chi connectivity index (χ1v) is 11.2. The molecule has 1 fully saturated rings. The largest absolute Gasteiger partial charge is 1.00 e. The van der Waals surface area contributed by atoms with Crippen LogP contribution in [0.2, 0.25) is 22.9 Å². The van der Waals surface area contributed by atoms with Crippen LogP contribution in [0, 0.1) is 11.8 Å². The van der Waals surface area contributed by atoms with Crippen molar-refractivity contribution >= 4 is 13.3 Å². The fourth-order valence-corrected chi connectivity index (χ4v) is 10.0. The third-order valence-corrected chi connectivity index (χ3v) is 11.1. The number of fused-ring (bicyclic) bond motifs is 1. The SMILES string of the molecule is C[Si](C)(c1ccccc1)C1CC2C=CC=CC2[CH]1[Ti+3].[Cl-].[Cl-].[Cl-]. The van der Waals surface area contributed by atoms with Gasteiger partial charge in [-0.2, -0.15) is 0 Å². The second-order valence-electron chi connectivity index (χ2n) is 6.47. The molecule has 4 unspecified atom stereocenters. The molecule has 0 radical (unpaired) electrons. The van der Waals surface area contributed by atoms with Crippen LogP contribution < -0.4 is 42.4 Å². The van der Waals surface area contributed by atoms with Crippen molar-refractivity contribution in [3.05, 3.63) is 54.6 Å². The minimum atomic E-state index is -1.37. The van der Waals surface area contributed by atoms with Gasteiger partial charge in [-0.05, 0) is 0 Å². The predicted octanol–water partition coefficient (Wildman–Crippen LogP) is -4.92. The van der Waals surface area contributed by atoms with Crippen molar-refractivity contribution in [3.8, 4) is 0 Å². The molecule has 0 bridgehead atoms. The Kier molecular flexibility index (Phi) is 9.31. The van der Waals surface area contributed by atoms with Gasteiger partial charge < -0.3 is 37.2 Å². The molecular formula is C17H21Cl3SiTi. The zero-order valence-corrected chi connectivity index (χ0v) is 17.7. The summed E-state index contributed by atoms with van der Waals surface area (Å²) in [6.45, 7) is 5.13.